The second-order valence-electron chi connectivity index (χ2n) is 5.23. The molecule has 2 atom stereocenters. The molecule has 2 unspecified atom stereocenters. The van der Waals surface area contributed by atoms with Crippen LogP contribution >= 0.6 is 0 Å². The SMILES string of the molecule is CC(C)OC1CN(C(=O)Nc2cccc(F)c2F)CC1O. The van der Waals surface area contributed by atoms with Crippen LogP contribution in [0.5, 0.6) is 0 Å². The molecule has 0 saturated carbocycles. The first kappa shape index (κ1) is 15.7. The molecule has 1 heterocycles. The van der Waals surface area contributed by atoms with Gasteiger partial charge >= 0.3 is 6.03 Å². The minimum absolute atomic E-state index is 0.0756. The number of hydrogen-bond donors (Lipinski definition) is 2. The average molecular weight is 300 g/mol. The topological polar surface area (TPSA) is 61.8 Å². The van der Waals surface area contributed by atoms with Gasteiger partial charge in [-0.05, 0) is 26.0 Å². The number of aliphatic hydroxyl groups is 1. The Morgan fingerprint density at radius 3 is 2.81 bits per heavy atom. The van der Waals surface area contributed by atoms with E-state index in [1.54, 1.807) is 0 Å². The predicted octanol–water partition coefficient (Wildman–Crippen LogP) is 1.97. The Hall–Kier alpha value is -1.73. The summed E-state index contributed by atoms with van der Waals surface area (Å²) < 4.78 is 32.1. The normalized spacial score (nSPS) is 21.9. The van der Waals surface area contributed by atoms with Gasteiger partial charge in [0, 0.05) is 0 Å². The fraction of sp³-hybridized carbons (Fsp3) is 0.500. The molecule has 1 saturated heterocycles. The fourth-order valence-corrected chi connectivity index (χ4v) is 2.20. The molecule has 2 rings (SSSR count). The van der Waals surface area contributed by atoms with Gasteiger partial charge in [-0.1, -0.05) is 6.07 Å². The van der Waals surface area contributed by atoms with Crippen LogP contribution in [-0.4, -0.2) is 47.4 Å². The number of carbonyl (C=O) groups is 1. The number of ether oxygens (including phenoxy) is 1. The van der Waals surface area contributed by atoms with E-state index in [0.29, 0.717) is 0 Å². The number of anilines is 1. The molecule has 1 aliphatic rings. The van der Waals surface area contributed by atoms with Gasteiger partial charge in [-0.2, -0.15) is 0 Å². The molecular formula is C14H18F2N2O3. The lowest BCUT2D eigenvalue weighted by atomic mass is 10.2. The van der Waals surface area contributed by atoms with Crippen molar-refractivity contribution in [2.75, 3.05) is 18.4 Å². The van der Waals surface area contributed by atoms with Crippen LogP contribution in [0.1, 0.15) is 13.8 Å². The van der Waals surface area contributed by atoms with Crippen molar-refractivity contribution in [1.82, 2.24) is 4.90 Å². The number of hydrogen-bond acceptors (Lipinski definition) is 3. The third-order valence-electron chi connectivity index (χ3n) is 3.16. The van der Waals surface area contributed by atoms with Crippen LogP contribution in [0.15, 0.2) is 18.2 Å². The van der Waals surface area contributed by atoms with Gasteiger partial charge in [-0.3, -0.25) is 0 Å². The number of nitrogens with zero attached hydrogens (tertiary/aromatic N) is 1. The molecule has 0 radical (unpaired) electrons. The maximum Gasteiger partial charge on any atom is 0.322 e. The Balaban J connectivity index is 2.00. The van der Waals surface area contributed by atoms with Gasteiger partial charge in [0.25, 0.3) is 0 Å². The summed E-state index contributed by atoms with van der Waals surface area (Å²) in [6.45, 7) is 3.94. The van der Waals surface area contributed by atoms with E-state index < -0.39 is 29.9 Å². The van der Waals surface area contributed by atoms with Crippen molar-refractivity contribution in [3.05, 3.63) is 29.8 Å². The Bertz CT molecular complexity index is 525. The third-order valence-corrected chi connectivity index (χ3v) is 3.16. The first-order valence-electron chi connectivity index (χ1n) is 6.72. The summed E-state index contributed by atoms with van der Waals surface area (Å²) in [5, 5.41) is 12.1. The standard InChI is InChI=1S/C14H18F2N2O3/c1-8(2)21-12-7-18(6-11(12)19)14(20)17-10-5-3-4-9(15)13(10)16/h3-5,8,11-12,19H,6-7H2,1-2H3,(H,17,20). The number of carbonyl (C=O) groups excluding carboxylic acids is 1. The number of nitrogens with one attached hydrogen (secondary N) is 1. The van der Waals surface area contributed by atoms with Gasteiger partial charge < -0.3 is 20.1 Å². The molecule has 0 bridgehead atoms. The highest BCUT2D eigenvalue weighted by Gasteiger charge is 2.35. The molecule has 7 heteroatoms. The van der Waals surface area contributed by atoms with Crippen LogP contribution in [0.4, 0.5) is 19.3 Å². The van der Waals surface area contributed by atoms with Crippen LogP contribution in [0.25, 0.3) is 0 Å². The van der Waals surface area contributed by atoms with Gasteiger partial charge in [-0.25, -0.2) is 13.6 Å². The van der Waals surface area contributed by atoms with Gasteiger partial charge in [0.15, 0.2) is 11.6 Å². The Kier molecular flexibility index (Phi) is 4.74. The first-order valence-corrected chi connectivity index (χ1v) is 6.72. The average Bonchev–Trinajstić information content (AvgIpc) is 2.76. The largest absolute Gasteiger partial charge is 0.388 e. The molecular weight excluding hydrogens is 282 g/mol. The lowest BCUT2D eigenvalue weighted by Crippen LogP contribution is -2.34. The summed E-state index contributed by atoms with van der Waals surface area (Å²) in [7, 11) is 0. The molecule has 0 aliphatic carbocycles. The number of halogens is 2. The van der Waals surface area contributed by atoms with Crippen molar-refractivity contribution < 1.29 is 23.4 Å². The fourth-order valence-electron chi connectivity index (χ4n) is 2.20. The zero-order valence-electron chi connectivity index (χ0n) is 11.8. The van der Waals surface area contributed by atoms with Crippen LogP contribution < -0.4 is 5.32 Å². The Morgan fingerprint density at radius 2 is 2.14 bits per heavy atom. The highest BCUT2D eigenvalue weighted by atomic mass is 19.2. The number of amides is 2. The number of likely N-dealkylation sites (tertiary alicyclic amines) is 1. The zero-order chi connectivity index (χ0) is 15.6. The van der Waals surface area contributed by atoms with E-state index in [1.165, 1.54) is 17.0 Å². The second kappa shape index (κ2) is 6.36. The van der Waals surface area contributed by atoms with Crippen LogP contribution in [0.3, 0.4) is 0 Å². The van der Waals surface area contributed by atoms with Crippen molar-refractivity contribution in [3.63, 3.8) is 0 Å². The number of aliphatic hydroxyl groups excluding tert-OH is 1. The van der Waals surface area contributed by atoms with E-state index in [-0.39, 0.29) is 24.9 Å². The van der Waals surface area contributed by atoms with Gasteiger partial charge in [0.2, 0.25) is 0 Å². The predicted molar refractivity (Wildman–Crippen MR) is 73.0 cm³/mol. The summed E-state index contributed by atoms with van der Waals surface area (Å²) in [5.74, 6) is -2.14. The highest BCUT2D eigenvalue weighted by molar-refractivity contribution is 5.89. The summed E-state index contributed by atoms with van der Waals surface area (Å²) in [5.41, 5.74) is -0.234. The van der Waals surface area contributed by atoms with Crippen molar-refractivity contribution in [3.8, 4) is 0 Å². The van der Waals surface area contributed by atoms with Gasteiger partial charge in [0.1, 0.15) is 6.10 Å². The van der Waals surface area contributed by atoms with Crippen molar-refractivity contribution >= 4 is 11.7 Å². The zero-order valence-corrected chi connectivity index (χ0v) is 11.8. The lowest BCUT2D eigenvalue weighted by molar-refractivity contribution is -0.0393. The molecule has 2 amide bonds. The van der Waals surface area contributed by atoms with E-state index in [1.807, 2.05) is 13.8 Å². The second-order valence-corrected chi connectivity index (χ2v) is 5.23. The van der Waals surface area contributed by atoms with Crippen LogP contribution in [-0.2, 0) is 4.74 Å². The molecule has 1 aromatic rings. The van der Waals surface area contributed by atoms with Crippen molar-refractivity contribution in [2.45, 2.75) is 32.2 Å². The quantitative estimate of drug-likeness (QED) is 0.897. The molecule has 1 fully saturated rings. The minimum Gasteiger partial charge on any atom is -0.388 e. The first-order chi connectivity index (χ1) is 9.88. The van der Waals surface area contributed by atoms with Crippen LogP contribution in [0.2, 0.25) is 0 Å². The van der Waals surface area contributed by atoms with E-state index in [0.717, 1.165) is 6.07 Å². The maximum atomic E-state index is 13.5. The Morgan fingerprint density at radius 1 is 1.43 bits per heavy atom. The maximum absolute atomic E-state index is 13.5. The summed E-state index contributed by atoms with van der Waals surface area (Å²) in [6.07, 6.45) is -1.35. The Labute approximate surface area is 121 Å². The van der Waals surface area contributed by atoms with Gasteiger partial charge in [-0.15, -0.1) is 0 Å². The smallest absolute Gasteiger partial charge is 0.322 e. The molecule has 116 valence electrons. The molecule has 0 aromatic heterocycles. The summed E-state index contributed by atoms with van der Waals surface area (Å²) in [4.78, 5) is 13.3. The van der Waals surface area contributed by atoms with E-state index >= 15 is 0 Å². The number of rotatable bonds is 3. The molecule has 21 heavy (non-hydrogen) atoms. The molecule has 1 aliphatic heterocycles. The monoisotopic (exact) mass is 300 g/mol. The molecule has 1 aromatic carbocycles. The van der Waals surface area contributed by atoms with Gasteiger partial charge in [0.05, 0.1) is 31.0 Å². The highest BCUT2D eigenvalue weighted by Crippen LogP contribution is 2.20. The summed E-state index contributed by atoms with van der Waals surface area (Å²) >= 11 is 0. The number of benzene rings is 1. The van der Waals surface area contributed by atoms with E-state index in [4.69, 9.17) is 4.74 Å². The third kappa shape index (κ3) is 3.68. The lowest BCUT2D eigenvalue weighted by Gasteiger charge is -2.18. The minimum atomic E-state index is -1.11. The van der Waals surface area contributed by atoms with E-state index in [9.17, 15) is 18.7 Å². The van der Waals surface area contributed by atoms with Crippen LogP contribution in [0, 0.1) is 11.6 Å². The molecule has 2 N–H and O–H groups in total. The van der Waals surface area contributed by atoms with Crippen molar-refractivity contribution in [1.29, 1.82) is 0 Å². The van der Waals surface area contributed by atoms with Crippen molar-refractivity contribution in [2.24, 2.45) is 0 Å². The van der Waals surface area contributed by atoms with E-state index in [2.05, 4.69) is 5.32 Å². The number of urea groups is 1. The molecule has 0 spiro atoms. The summed E-state index contributed by atoms with van der Waals surface area (Å²) in [6, 6.07) is 2.94. The number of β-amino-alcohol motifs (C(OH)–C–C–N with tert-alkyl or cyclic N) is 1. The molecule has 5 nitrogen and oxygen atoms in total.